The van der Waals surface area contributed by atoms with E-state index in [-0.39, 0.29) is 17.8 Å². The summed E-state index contributed by atoms with van der Waals surface area (Å²) in [4.78, 5) is 24.2. The maximum absolute atomic E-state index is 11.4. The second-order valence-corrected chi connectivity index (χ2v) is 4.72. The molecule has 1 heterocycles. The average Bonchev–Trinajstić information content (AvgIpc) is 2.44. The van der Waals surface area contributed by atoms with E-state index in [1.165, 1.54) is 32.6 Å². The Kier molecular flexibility index (Phi) is 3.70. The number of nitrogens with zero attached hydrogens (tertiary/aromatic N) is 1. The number of likely N-dealkylation sites (tertiary alicyclic amines) is 1. The first kappa shape index (κ1) is 13.1. The smallest absolute Gasteiger partial charge is 0.220 e. The van der Waals surface area contributed by atoms with E-state index in [0.717, 1.165) is 0 Å². The van der Waals surface area contributed by atoms with Gasteiger partial charge in [0.1, 0.15) is 0 Å². The fourth-order valence-electron chi connectivity index (χ4n) is 2.02. The van der Waals surface area contributed by atoms with Gasteiger partial charge < -0.3 is 14.7 Å². The van der Waals surface area contributed by atoms with E-state index in [1.54, 1.807) is 0 Å². The minimum atomic E-state index is -1.24. The maximum Gasteiger partial charge on any atom is 0.220 e. The molecule has 2 atom stereocenters. The number of hydrogen-bond acceptors (Lipinski definition) is 4. The van der Waals surface area contributed by atoms with E-state index in [4.69, 9.17) is 4.74 Å². The summed E-state index contributed by atoms with van der Waals surface area (Å²) in [5.74, 6) is -1.42. The first-order valence-corrected chi connectivity index (χ1v) is 5.38. The van der Waals surface area contributed by atoms with Crippen LogP contribution in [0.15, 0.2) is 0 Å². The van der Waals surface area contributed by atoms with Crippen LogP contribution in [0.25, 0.3) is 0 Å². The molecule has 0 unspecified atom stereocenters. The zero-order chi connectivity index (χ0) is 12.5. The van der Waals surface area contributed by atoms with Gasteiger partial charge in [-0.05, 0) is 20.8 Å². The fourth-order valence-corrected chi connectivity index (χ4v) is 2.02. The quantitative estimate of drug-likeness (QED) is 0.707. The molecule has 0 aromatic rings. The molecular weight excluding hydrogens is 210 g/mol. The highest BCUT2D eigenvalue weighted by atomic mass is 16.6. The molecule has 1 N–H and O–H groups in total. The van der Waals surface area contributed by atoms with Crippen LogP contribution in [0.5, 0.6) is 0 Å². The lowest BCUT2D eigenvalue weighted by atomic mass is 10.1. The molecule has 0 spiro atoms. The zero-order valence-electron chi connectivity index (χ0n) is 10.2. The molecule has 16 heavy (non-hydrogen) atoms. The Bertz CT molecular complexity index is 273. The van der Waals surface area contributed by atoms with Crippen LogP contribution in [0.4, 0.5) is 0 Å². The van der Waals surface area contributed by atoms with Crippen LogP contribution in [0, 0.1) is 0 Å². The van der Waals surface area contributed by atoms with E-state index >= 15 is 0 Å². The van der Waals surface area contributed by atoms with Gasteiger partial charge in [0.15, 0.2) is 11.6 Å². The monoisotopic (exact) mass is 229 g/mol. The first-order valence-electron chi connectivity index (χ1n) is 5.38. The summed E-state index contributed by atoms with van der Waals surface area (Å²) in [6.45, 7) is 6.33. The number of ketones is 1. The summed E-state index contributed by atoms with van der Waals surface area (Å²) in [5.41, 5.74) is 0. The Balaban J connectivity index is 2.69. The maximum atomic E-state index is 11.4. The average molecular weight is 229 g/mol. The second-order valence-electron chi connectivity index (χ2n) is 4.72. The number of carbonyl (C=O) groups excluding carboxylic acids is 2. The minimum Gasteiger partial charge on any atom is -0.366 e. The van der Waals surface area contributed by atoms with Crippen molar-refractivity contribution in [1.29, 1.82) is 0 Å². The molecule has 0 bridgehead atoms. The summed E-state index contributed by atoms with van der Waals surface area (Å²) in [6, 6.07) is -0.412. The highest BCUT2D eigenvalue weighted by Gasteiger charge is 2.38. The third kappa shape index (κ3) is 3.28. The predicted octanol–water partition coefficient (Wildman–Crippen LogP) is 0.310. The minimum absolute atomic E-state index is 0.0444. The molecule has 1 aliphatic heterocycles. The number of ether oxygens (including phenoxy) is 1. The van der Waals surface area contributed by atoms with E-state index in [2.05, 4.69) is 0 Å². The van der Waals surface area contributed by atoms with Crippen molar-refractivity contribution in [3.05, 3.63) is 0 Å². The van der Waals surface area contributed by atoms with Crippen LogP contribution in [-0.2, 0) is 14.3 Å². The molecule has 1 saturated heterocycles. The Morgan fingerprint density at radius 1 is 1.38 bits per heavy atom. The highest BCUT2D eigenvalue weighted by molar-refractivity contribution is 5.87. The lowest BCUT2D eigenvalue weighted by Crippen LogP contribution is -2.38. The van der Waals surface area contributed by atoms with Gasteiger partial charge in [0.25, 0.3) is 0 Å². The molecule has 5 nitrogen and oxygen atoms in total. The molecular formula is C11H19NO4. The number of aliphatic hydroxyl groups is 1. The van der Waals surface area contributed by atoms with Crippen LogP contribution >= 0.6 is 0 Å². The molecule has 5 heteroatoms. The van der Waals surface area contributed by atoms with Gasteiger partial charge in [0.05, 0.1) is 12.1 Å². The van der Waals surface area contributed by atoms with E-state index in [1.807, 2.05) is 0 Å². The van der Waals surface area contributed by atoms with Crippen LogP contribution in [-0.4, -0.2) is 46.2 Å². The Morgan fingerprint density at radius 3 is 2.25 bits per heavy atom. The summed E-state index contributed by atoms with van der Waals surface area (Å²) < 4.78 is 5.37. The van der Waals surface area contributed by atoms with Crippen LogP contribution in [0.2, 0.25) is 0 Å². The van der Waals surface area contributed by atoms with Crippen molar-refractivity contribution < 1.29 is 19.4 Å². The number of carbonyl (C=O) groups is 2. The van der Waals surface area contributed by atoms with Crippen molar-refractivity contribution in [2.24, 2.45) is 0 Å². The highest BCUT2D eigenvalue weighted by Crippen LogP contribution is 2.24. The lowest BCUT2D eigenvalue weighted by molar-refractivity contribution is -0.202. The van der Waals surface area contributed by atoms with E-state index < -0.39 is 11.8 Å². The molecule has 1 aliphatic rings. The number of rotatable bonds is 3. The van der Waals surface area contributed by atoms with Crippen molar-refractivity contribution in [3.63, 3.8) is 0 Å². The topological polar surface area (TPSA) is 66.8 Å². The van der Waals surface area contributed by atoms with Crippen LogP contribution < -0.4 is 0 Å². The molecule has 0 aromatic heterocycles. The third-order valence-corrected chi connectivity index (χ3v) is 2.59. The largest absolute Gasteiger partial charge is 0.366 e. The van der Waals surface area contributed by atoms with Crippen molar-refractivity contribution in [1.82, 2.24) is 4.90 Å². The molecule has 1 amide bonds. The summed E-state index contributed by atoms with van der Waals surface area (Å²) >= 11 is 0. The van der Waals surface area contributed by atoms with Gasteiger partial charge in [-0.15, -0.1) is 0 Å². The first-order chi connectivity index (χ1) is 7.20. The van der Waals surface area contributed by atoms with Crippen LogP contribution in [0.1, 0.15) is 34.1 Å². The van der Waals surface area contributed by atoms with Gasteiger partial charge >= 0.3 is 0 Å². The lowest BCUT2D eigenvalue weighted by Gasteiger charge is -2.23. The van der Waals surface area contributed by atoms with Gasteiger partial charge in [0, 0.05) is 19.9 Å². The molecule has 1 rings (SSSR count). The Labute approximate surface area is 95.4 Å². The molecule has 0 aromatic carbocycles. The summed E-state index contributed by atoms with van der Waals surface area (Å²) in [5, 5.41) is 9.52. The van der Waals surface area contributed by atoms with Gasteiger partial charge in [-0.2, -0.15) is 0 Å². The third-order valence-electron chi connectivity index (χ3n) is 2.59. The predicted molar refractivity (Wildman–Crippen MR) is 57.6 cm³/mol. The van der Waals surface area contributed by atoms with Gasteiger partial charge in [-0.3, -0.25) is 9.59 Å². The van der Waals surface area contributed by atoms with Gasteiger partial charge in [0.2, 0.25) is 5.91 Å². The van der Waals surface area contributed by atoms with Crippen molar-refractivity contribution in [2.75, 3.05) is 6.54 Å². The van der Waals surface area contributed by atoms with Crippen LogP contribution in [0.3, 0.4) is 0 Å². The fraction of sp³-hybridized carbons (Fsp3) is 0.818. The van der Waals surface area contributed by atoms with Gasteiger partial charge in [-0.1, -0.05) is 0 Å². The number of hydrogen-bond donors (Lipinski definition) is 1. The van der Waals surface area contributed by atoms with Crippen molar-refractivity contribution in [3.8, 4) is 0 Å². The van der Waals surface area contributed by atoms with E-state index in [0.29, 0.717) is 13.0 Å². The van der Waals surface area contributed by atoms with Crippen molar-refractivity contribution in [2.45, 2.75) is 52.0 Å². The Hall–Kier alpha value is -0.940. The molecule has 0 radical (unpaired) electrons. The number of amides is 1. The number of Topliss-reactive ketones (excluding diaryl/α,β-unsaturated/α-hetero) is 1. The second kappa shape index (κ2) is 4.51. The normalized spacial score (nSPS) is 25.9. The zero-order valence-corrected chi connectivity index (χ0v) is 10.2. The molecule has 0 saturated carbocycles. The molecule has 0 aliphatic carbocycles. The van der Waals surface area contributed by atoms with E-state index in [9.17, 15) is 14.7 Å². The summed E-state index contributed by atoms with van der Waals surface area (Å²) in [6.07, 6.45) is 0.177. The molecule has 1 fully saturated rings. The Morgan fingerprint density at radius 2 is 1.94 bits per heavy atom. The summed E-state index contributed by atoms with van der Waals surface area (Å²) in [7, 11) is 0. The molecule has 92 valence electrons. The van der Waals surface area contributed by atoms with Gasteiger partial charge in [-0.25, -0.2) is 0 Å². The SMILES string of the molecule is CC(=O)[C@@H]1C[C@@H](OC(C)(C)O)CN1C(C)=O. The standard InChI is InChI=1S/C11H19NO4/c1-7(13)10-5-9(16-11(3,4)15)6-12(10)8(2)14/h9-10,15H,5-6H2,1-4H3/t9-,10+/m1/s1. The van der Waals surface area contributed by atoms with Crippen molar-refractivity contribution >= 4 is 11.7 Å².